The molecule has 2 heterocycles. The number of H-pyrrole nitrogens is 1. The number of methoxy groups -OCH3 is 3. The molecule has 4 rings (SSSR count). The van der Waals surface area contributed by atoms with Crippen LogP contribution in [0.5, 0.6) is 17.2 Å². The van der Waals surface area contributed by atoms with Gasteiger partial charge in [0.1, 0.15) is 0 Å². The number of aromatic amines is 1. The van der Waals surface area contributed by atoms with Gasteiger partial charge in [0, 0.05) is 17.1 Å². The molecule has 164 valence electrons. The van der Waals surface area contributed by atoms with Crippen LogP contribution >= 0.6 is 11.3 Å². The Morgan fingerprint density at radius 3 is 2.34 bits per heavy atom. The molecule has 0 aliphatic carbocycles. The zero-order valence-electron chi connectivity index (χ0n) is 18.1. The number of thiazole rings is 1. The van der Waals surface area contributed by atoms with Crippen LogP contribution in [0, 0.1) is 0 Å². The van der Waals surface area contributed by atoms with E-state index in [1.54, 1.807) is 27.5 Å². The van der Waals surface area contributed by atoms with E-state index in [2.05, 4.69) is 17.1 Å². The minimum Gasteiger partial charge on any atom is -0.493 e. The first kappa shape index (κ1) is 21.5. The van der Waals surface area contributed by atoms with Crippen molar-refractivity contribution < 1.29 is 14.2 Å². The zero-order valence-corrected chi connectivity index (χ0v) is 18.9. The fourth-order valence-corrected chi connectivity index (χ4v) is 4.07. The van der Waals surface area contributed by atoms with Gasteiger partial charge in [0.2, 0.25) is 10.6 Å². The van der Waals surface area contributed by atoms with Gasteiger partial charge in [-0.3, -0.25) is 4.99 Å². The fraction of sp³-hybridized carbons (Fsp3) is 0.167. The maximum absolute atomic E-state index is 5.53. The molecule has 7 nitrogen and oxygen atoms in total. The van der Waals surface area contributed by atoms with Gasteiger partial charge in [-0.1, -0.05) is 30.3 Å². The van der Waals surface area contributed by atoms with Crippen molar-refractivity contribution in [2.45, 2.75) is 6.54 Å². The summed E-state index contributed by atoms with van der Waals surface area (Å²) in [6.45, 7) is 0.564. The van der Waals surface area contributed by atoms with Crippen molar-refractivity contribution in [1.82, 2.24) is 9.66 Å². The summed E-state index contributed by atoms with van der Waals surface area (Å²) in [6, 6.07) is 17.8. The maximum Gasteiger partial charge on any atom is 0.206 e. The van der Waals surface area contributed by atoms with E-state index in [4.69, 9.17) is 24.3 Å². The summed E-state index contributed by atoms with van der Waals surface area (Å²) in [6.07, 6.45) is 3.64. The van der Waals surface area contributed by atoms with Crippen molar-refractivity contribution in [2.24, 2.45) is 10.1 Å². The second-order valence-electron chi connectivity index (χ2n) is 6.80. The van der Waals surface area contributed by atoms with Crippen LogP contribution in [0.2, 0.25) is 0 Å². The Hall–Kier alpha value is -3.78. The molecule has 0 aliphatic rings. The van der Waals surface area contributed by atoms with Crippen LogP contribution in [0.3, 0.4) is 0 Å². The Morgan fingerprint density at radius 2 is 1.72 bits per heavy atom. The summed E-state index contributed by atoms with van der Waals surface area (Å²) in [4.78, 5) is 8.73. The summed E-state index contributed by atoms with van der Waals surface area (Å²) in [5.74, 6) is 1.70. The Kier molecular flexibility index (Phi) is 6.72. The van der Waals surface area contributed by atoms with Crippen LogP contribution in [0.15, 0.2) is 76.3 Å². The normalized spacial score (nSPS) is 11.8. The third-order valence-corrected chi connectivity index (χ3v) is 5.67. The Bertz CT molecular complexity index is 1230. The number of hydrogen-bond donors (Lipinski definition) is 1. The molecule has 4 aromatic rings. The lowest BCUT2D eigenvalue weighted by Crippen LogP contribution is -2.12. The van der Waals surface area contributed by atoms with E-state index in [1.807, 2.05) is 58.7 Å². The predicted octanol–water partition coefficient (Wildman–Crippen LogP) is 4.55. The molecule has 0 fully saturated rings. The van der Waals surface area contributed by atoms with Crippen LogP contribution in [0.1, 0.15) is 11.3 Å². The molecule has 0 saturated carbocycles. The highest BCUT2D eigenvalue weighted by Crippen LogP contribution is 2.41. The van der Waals surface area contributed by atoms with Gasteiger partial charge in [-0.2, -0.15) is 5.10 Å². The van der Waals surface area contributed by atoms with E-state index in [-0.39, 0.29) is 0 Å². The molecule has 8 heteroatoms. The van der Waals surface area contributed by atoms with Gasteiger partial charge < -0.3 is 19.2 Å². The lowest BCUT2D eigenvalue weighted by atomic mass is 10.1. The predicted molar refractivity (Wildman–Crippen MR) is 127 cm³/mol. The lowest BCUT2D eigenvalue weighted by Gasteiger charge is -2.14. The first-order valence-electron chi connectivity index (χ1n) is 9.96. The van der Waals surface area contributed by atoms with E-state index in [0.29, 0.717) is 23.8 Å². The Labute approximate surface area is 190 Å². The molecule has 32 heavy (non-hydrogen) atoms. The molecule has 2 aromatic heterocycles. The van der Waals surface area contributed by atoms with E-state index in [1.165, 1.54) is 11.3 Å². The molecule has 0 bridgehead atoms. The second-order valence-corrected chi connectivity index (χ2v) is 7.64. The highest BCUT2D eigenvalue weighted by Gasteiger charge is 2.17. The van der Waals surface area contributed by atoms with Gasteiger partial charge in [-0.15, -0.1) is 11.3 Å². The third-order valence-electron chi connectivity index (χ3n) is 4.82. The minimum atomic E-state index is 0.546. The number of nitrogens with zero attached hydrogens (tertiary/aromatic N) is 3. The van der Waals surface area contributed by atoms with Gasteiger partial charge in [-0.25, -0.2) is 4.68 Å². The van der Waals surface area contributed by atoms with Crippen LogP contribution in [0.4, 0.5) is 0 Å². The molecule has 0 spiro atoms. The highest BCUT2D eigenvalue weighted by molar-refractivity contribution is 7.07. The highest BCUT2D eigenvalue weighted by atomic mass is 32.1. The first-order chi connectivity index (χ1) is 15.7. The number of aromatic nitrogens is 2. The molecule has 1 N–H and O–H groups in total. The maximum atomic E-state index is 5.53. The topological polar surface area (TPSA) is 73.1 Å². The summed E-state index contributed by atoms with van der Waals surface area (Å²) in [5, 5.41) is 6.74. The summed E-state index contributed by atoms with van der Waals surface area (Å²) in [5.41, 5.74) is 3.77. The Morgan fingerprint density at radius 1 is 0.969 bits per heavy atom. The molecule has 0 radical (unpaired) electrons. The third kappa shape index (κ3) is 4.60. The molecule has 0 amide bonds. The standard InChI is InChI=1S/C24H24N4O3S/c1-29-21-12-18(13-22(30-2)23(21)31-3)20-16-32-24(26-14-17-8-5-4-6-9-17)28(20)27-15-19-10-7-11-25-19/h4-13,15-16,25H,14H2,1-3H3. The van der Waals surface area contributed by atoms with Crippen LogP contribution in [-0.2, 0) is 6.54 Å². The van der Waals surface area contributed by atoms with Gasteiger partial charge >= 0.3 is 0 Å². The average molecular weight is 449 g/mol. The monoisotopic (exact) mass is 448 g/mol. The Balaban J connectivity index is 1.82. The molecule has 0 saturated heterocycles. The molecule has 0 atom stereocenters. The van der Waals surface area contributed by atoms with Gasteiger partial charge in [-0.05, 0) is 29.8 Å². The van der Waals surface area contributed by atoms with Crippen molar-refractivity contribution in [3.05, 3.63) is 82.2 Å². The second kappa shape index (κ2) is 10.0. The summed E-state index contributed by atoms with van der Waals surface area (Å²) in [7, 11) is 4.80. The van der Waals surface area contributed by atoms with Gasteiger partial charge in [0.15, 0.2) is 11.5 Å². The molecule has 0 unspecified atom stereocenters. The SMILES string of the molecule is COc1cc(-c2csc(=NCc3ccccc3)n2N=Cc2ccc[nH]2)cc(OC)c1OC. The molecular formula is C24H24N4O3S. The average Bonchev–Trinajstić information content (AvgIpc) is 3.50. The first-order valence-corrected chi connectivity index (χ1v) is 10.8. The number of rotatable bonds is 8. The van der Waals surface area contributed by atoms with Crippen LogP contribution < -0.4 is 19.0 Å². The molecule has 0 aliphatic heterocycles. The number of hydrogen-bond acceptors (Lipinski definition) is 6. The zero-order chi connectivity index (χ0) is 22.3. The van der Waals surface area contributed by atoms with Crippen LogP contribution in [-0.4, -0.2) is 37.2 Å². The lowest BCUT2D eigenvalue weighted by molar-refractivity contribution is 0.324. The smallest absolute Gasteiger partial charge is 0.206 e. The van der Waals surface area contributed by atoms with Gasteiger partial charge in [0.25, 0.3) is 0 Å². The van der Waals surface area contributed by atoms with Crippen molar-refractivity contribution in [3.8, 4) is 28.5 Å². The fourth-order valence-electron chi connectivity index (χ4n) is 3.23. The van der Waals surface area contributed by atoms with E-state index in [9.17, 15) is 0 Å². The quantitative estimate of drug-likeness (QED) is 0.402. The van der Waals surface area contributed by atoms with Crippen molar-refractivity contribution in [2.75, 3.05) is 21.3 Å². The van der Waals surface area contributed by atoms with Crippen LogP contribution in [0.25, 0.3) is 11.3 Å². The van der Waals surface area contributed by atoms with Crippen molar-refractivity contribution >= 4 is 17.6 Å². The number of nitrogens with one attached hydrogen (secondary N) is 1. The van der Waals surface area contributed by atoms with Crippen molar-refractivity contribution in [1.29, 1.82) is 0 Å². The number of benzene rings is 2. The van der Waals surface area contributed by atoms with E-state index in [0.717, 1.165) is 27.3 Å². The van der Waals surface area contributed by atoms with E-state index < -0.39 is 0 Å². The minimum absolute atomic E-state index is 0.546. The summed E-state index contributed by atoms with van der Waals surface area (Å²) >= 11 is 1.52. The number of ether oxygens (including phenoxy) is 3. The molecular weight excluding hydrogens is 424 g/mol. The summed E-state index contributed by atoms with van der Waals surface area (Å²) < 4.78 is 18.4. The van der Waals surface area contributed by atoms with Gasteiger partial charge in [0.05, 0.1) is 45.5 Å². The largest absolute Gasteiger partial charge is 0.493 e. The van der Waals surface area contributed by atoms with E-state index >= 15 is 0 Å². The van der Waals surface area contributed by atoms with Crippen molar-refractivity contribution in [3.63, 3.8) is 0 Å². The molecule has 2 aromatic carbocycles.